The molecule has 10 heteroatoms. The molecule has 1 N–H and O–H groups in total. The highest BCUT2D eigenvalue weighted by Gasteiger charge is 2.10. The van der Waals surface area contributed by atoms with E-state index in [4.69, 9.17) is 4.74 Å². The fourth-order valence-corrected chi connectivity index (χ4v) is 3.52. The molecular weight excluding hydrogens is 350 g/mol. The van der Waals surface area contributed by atoms with Gasteiger partial charge in [0, 0.05) is 5.69 Å². The van der Waals surface area contributed by atoms with Crippen molar-refractivity contribution in [3.05, 3.63) is 40.8 Å². The van der Waals surface area contributed by atoms with Crippen LogP contribution >= 0.6 is 23.1 Å². The molecule has 0 bridgehead atoms. The van der Waals surface area contributed by atoms with Crippen molar-refractivity contribution >= 4 is 39.7 Å². The van der Waals surface area contributed by atoms with Crippen LogP contribution in [0.15, 0.2) is 39.6 Å². The van der Waals surface area contributed by atoms with Crippen molar-refractivity contribution in [2.45, 2.75) is 11.3 Å². The van der Waals surface area contributed by atoms with Crippen LogP contribution in [-0.4, -0.2) is 38.1 Å². The Balaban J connectivity index is 1.58. The van der Waals surface area contributed by atoms with Gasteiger partial charge < -0.3 is 10.1 Å². The summed E-state index contributed by atoms with van der Waals surface area (Å²) in [6.45, 7) is 2.51. The molecule has 0 aliphatic heterocycles. The summed E-state index contributed by atoms with van der Waals surface area (Å²) in [4.78, 5) is 23.9. The van der Waals surface area contributed by atoms with Crippen molar-refractivity contribution in [3.63, 3.8) is 0 Å². The first-order chi connectivity index (χ1) is 11.7. The molecule has 1 aromatic carbocycles. The van der Waals surface area contributed by atoms with Crippen LogP contribution in [0.2, 0.25) is 0 Å². The van der Waals surface area contributed by atoms with Gasteiger partial charge in [-0.1, -0.05) is 23.1 Å². The van der Waals surface area contributed by atoms with Crippen LogP contribution in [0, 0.1) is 0 Å². The molecule has 0 aliphatic carbocycles. The van der Waals surface area contributed by atoms with Gasteiger partial charge in [0.25, 0.3) is 5.56 Å². The van der Waals surface area contributed by atoms with Crippen molar-refractivity contribution in [3.8, 4) is 5.75 Å². The summed E-state index contributed by atoms with van der Waals surface area (Å²) in [6, 6.07) is 7.15. The largest absolute Gasteiger partial charge is 0.494 e. The lowest BCUT2D eigenvalue weighted by Crippen LogP contribution is -2.15. The average molecular weight is 363 g/mol. The van der Waals surface area contributed by atoms with Crippen molar-refractivity contribution in [1.29, 1.82) is 0 Å². The summed E-state index contributed by atoms with van der Waals surface area (Å²) >= 11 is 2.45. The third-order valence-electron chi connectivity index (χ3n) is 2.84. The van der Waals surface area contributed by atoms with Crippen LogP contribution < -0.4 is 15.6 Å². The Labute approximate surface area is 144 Å². The van der Waals surface area contributed by atoms with E-state index in [0.29, 0.717) is 21.6 Å². The predicted molar refractivity (Wildman–Crippen MR) is 91.9 cm³/mol. The van der Waals surface area contributed by atoms with E-state index >= 15 is 0 Å². The van der Waals surface area contributed by atoms with Gasteiger partial charge >= 0.3 is 0 Å². The number of benzene rings is 1. The Morgan fingerprint density at radius 3 is 2.88 bits per heavy atom. The number of hydrogen-bond donors (Lipinski definition) is 1. The minimum absolute atomic E-state index is 0.165. The minimum atomic E-state index is -0.345. The Kier molecular flexibility index (Phi) is 5.06. The monoisotopic (exact) mass is 363 g/mol. The first-order valence-electron chi connectivity index (χ1n) is 7.03. The van der Waals surface area contributed by atoms with Crippen molar-refractivity contribution in [2.24, 2.45) is 0 Å². The Morgan fingerprint density at radius 1 is 1.38 bits per heavy atom. The highest BCUT2D eigenvalue weighted by atomic mass is 32.2. The maximum atomic E-state index is 12.0. The Morgan fingerprint density at radius 2 is 2.17 bits per heavy atom. The molecule has 0 spiro atoms. The van der Waals surface area contributed by atoms with E-state index in [0.717, 1.165) is 11.9 Å². The molecule has 2 heterocycles. The molecule has 0 radical (unpaired) electrons. The van der Waals surface area contributed by atoms with Crippen LogP contribution in [0.1, 0.15) is 6.92 Å². The molecule has 2 aromatic heterocycles. The number of fused-ring (bicyclic) bond motifs is 1. The van der Waals surface area contributed by atoms with Crippen LogP contribution in [0.5, 0.6) is 5.75 Å². The van der Waals surface area contributed by atoms with Gasteiger partial charge in [-0.3, -0.25) is 9.59 Å². The third kappa shape index (κ3) is 3.89. The third-order valence-corrected chi connectivity index (χ3v) is 4.87. The molecular formula is C14H13N5O3S2. The van der Waals surface area contributed by atoms with Gasteiger partial charge in [-0.05, 0) is 31.2 Å². The Hall–Kier alpha value is -2.46. The zero-order valence-corrected chi connectivity index (χ0v) is 14.3. The predicted octanol–water partition coefficient (Wildman–Crippen LogP) is 1.68. The van der Waals surface area contributed by atoms with E-state index in [1.54, 1.807) is 24.3 Å². The molecule has 24 heavy (non-hydrogen) atoms. The van der Waals surface area contributed by atoms with Crippen LogP contribution in [0.4, 0.5) is 5.69 Å². The normalized spacial score (nSPS) is 10.7. The second kappa shape index (κ2) is 7.41. The molecule has 0 saturated heterocycles. The second-order valence-corrected chi connectivity index (χ2v) is 6.72. The Bertz CT molecular complexity index is 907. The number of carbonyl (C=O) groups is 1. The lowest BCUT2D eigenvalue weighted by Gasteiger charge is -2.06. The number of nitrogens with zero attached hydrogens (tertiary/aromatic N) is 4. The van der Waals surface area contributed by atoms with Gasteiger partial charge in [0.05, 0.1) is 12.4 Å². The second-order valence-electron chi connectivity index (χ2n) is 4.54. The number of rotatable bonds is 6. The molecule has 3 rings (SSSR count). The standard InChI is InChI=1S/C14H13N5O3S2/c1-2-22-10-5-3-9(4-6-10)16-11(20)8-23-14-18-19-12(21)7-15-17-13(19)24-14/h3-7H,2,8H2,1H3,(H,16,20). The molecule has 1 amide bonds. The highest BCUT2D eigenvalue weighted by molar-refractivity contribution is 8.01. The quantitative estimate of drug-likeness (QED) is 0.665. The number of hydrogen-bond acceptors (Lipinski definition) is 8. The van der Waals surface area contributed by atoms with Crippen LogP contribution in [0.3, 0.4) is 0 Å². The molecule has 8 nitrogen and oxygen atoms in total. The summed E-state index contributed by atoms with van der Waals surface area (Å²) in [5, 5.41) is 14.3. The maximum absolute atomic E-state index is 12.0. The van der Waals surface area contributed by atoms with E-state index in [9.17, 15) is 9.59 Å². The minimum Gasteiger partial charge on any atom is -0.494 e. The van der Waals surface area contributed by atoms with Gasteiger partial charge in [-0.25, -0.2) is 0 Å². The van der Waals surface area contributed by atoms with E-state index in [1.807, 2.05) is 6.92 Å². The SMILES string of the molecule is CCOc1ccc(NC(=O)CSc2nn3c(=O)cnnc3s2)cc1. The first kappa shape index (κ1) is 16.4. The van der Waals surface area contributed by atoms with E-state index in [2.05, 4.69) is 20.6 Å². The number of ether oxygens (including phenoxy) is 1. The average Bonchev–Trinajstić information content (AvgIpc) is 3.00. The van der Waals surface area contributed by atoms with Gasteiger partial charge in [0.15, 0.2) is 4.34 Å². The molecule has 3 aromatic rings. The van der Waals surface area contributed by atoms with E-state index in [1.165, 1.54) is 27.6 Å². The van der Waals surface area contributed by atoms with Gasteiger partial charge in [0.2, 0.25) is 10.9 Å². The van der Waals surface area contributed by atoms with E-state index < -0.39 is 0 Å². The van der Waals surface area contributed by atoms with Crippen LogP contribution in [-0.2, 0) is 4.79 Å². The molecule has 0 fully saturated rings. The molecule has 0 atom stereocenters. The first-order valence-corrected chi connectivity index (χ1v) is 8.83. The molecule has 0 unspecified atom stereocenters. The smallest absolute Gasteiger partial charge is 0.293 e. The fraction of sp³-hybridized carbons (Fsp3) is 0.214. The zero-order chi connectivity index (χ0) is 16.9. The zero-order valence-electron chi connectivity index (χ0n) is 12.6. The summed E-state index contributed by atoms with van der Waals surface area (Å²) < 4.78 is 7.10. The van der Waals surface area contributed by atoms with E-state index in [-0.39, 0.29) is 17.2 Å². The van der Waals surface area contributed by atoms with Crippen LogP contribution in [0.25, 0.3) is 4.96 Å². The summed E-state index contributed by atoms with van der Waals surface area (Å²) in [7, 11) is 0. The number of nitrogens with one attached hydrogen (secondary N) is 1. The highest BCUT2D eigenvalue weighted by Crippen LogP contribution is 2.23. The van der Waals surface area contributed by atoms with Crippen molar-refractivity contribution < 1.29 is 9.53 Å². The summed E-state index contributed by atoms with van der Waals surface area (Å²) in [6.07, 6.45) is 1.10. The molecule has 0 aliphatic rings. The summed E-state index contributed by atoms with van der Waals surface area (Å²) in [5.41, 5.74) is 0.345. The van der Waals surface area contributed by atoms with Gasteiger partial charge in [-0.2, -0.15) is 9.61 Å². The topological polar surface area (TPSA) is 98.5 Å². The summed E-state index contributed by atoms with van der Waals surface area (Å²) in [5.74, 6) is 0.766. The number of carbonyl (C=O) groups excluding carboxylic acids is 1. The fourth-order valence-electron chi connectivity index (χ4n) is 1.84. The number of thioether (sulfide) groups is 1. The number of anilines is 1. The lowest BCUT2D eigenvalue weighted by molar-refractivity contribution is -0.113. The lowest BCUT2D eigenvalue weighted by atomic mass is 10.3. The maximum Gasteiger partial charge on any atom is 0.293 e. The van der Waals surface area contributed by atoms with Crippen molar-refractivity contribution in [1.82, 2.24) is 19.8 Å². The van der Waals surface area contributed by atoms with Gasteiger partial charge in [0.1, 0.15) is 11.9 Å². The number of aromatic nitrogens is 4. The molecule has 0 saturated carbocycles. The molecule has 124 valence electrons. The van der Waals surface area contributed by atoms with Crippen molar-refractivity contribution in [2.75, 3.05) is 17.7 Å². The van der Waals surface area contributed by atoms with Gasteiger partial charge in [-0.15, -0.1) is 10.2 Å². The number of amides is 1.